The topological polar surface area (TPSA) is 26.3 Å². The van der Waals surface area contributed by atoms with Crippen molar-refractivity contribution in [3.63, 3.8) is 0 Å². The summed E-state index contributed by atoms with van der Waals surface area (Å²) in [5, 5.41) is -1.15. The predicted molar refractivity (Wildman–Crippen MR) is 61.1 cm³/mol. The van der Waals surface area contributed by atoms with Gasteiger partial charge in [0.1, 0.15) is 17.2 Å². The summed E-state index contributed by atoms with van der Waals surface area (Å²) in [6.45, 7) is 5.55. The van der Waals surface area contributed by atoms with Gasteiger partial charge in [-0.2, -0.15) is 0 Å². The number of carbonyl (C=O) groups excluding carboxylic acids is 1. The number of benzene rings is 1. The largest absolute Gasteiger partial charge is 0.371 e. The fourth-order valence-electron chi connectivity index (χ4n) is 1.20. The molecule has 0 aliphatic heterocycles. The van der Waals surface area contributed by atoms with Crippen molar-refractivity contribution in [2.75, 3.05) is 0 Å². The van der Waals surface area contributed by atoms with Gasteiger partial charge >= 0.3 is 0 Å². The van der Waals surface area contributed by atoms with Crippen molar-refractivity contribution in [3.8, 4) is 0 Å². The molecule has 0 amide bonds. The zero-order valence-corrected chi connectivity index (χ0v) is 10.6. The Morgan fingerprint density at radius 2 is 1.76 bits per heavy atom. The summed E-state index contributed by atoms with van der Waals surface area (Å²) in [6.07, 6.45) is 0. The molecule has 1 aromatic rings. The Morgan fingerprint density at radius 1 is 1.29 bits per heavy atom. The van der Waals surface area contributed by atoms with Crippen molar-refractivity contribution < 1.29 is 18.3 Å². The first-order valence-electron chi connectivity index (χ1n) is 5.02. The van der Waals surface area contributed by atoms with Gasteiger partial charge in [-0.25, -0.2) is 8.78 Å². The standard InChI is InChI=1S/C12H13ClF2O2/c1-12(2,3)17-6-7-4-8(14)10(11(13)16)9(15)5-7/h4-5H,6H2,1-3H3. The van der Waals surface area contributed by atoms with Gasteiger partial charge in [0.2, 0.25) is 0 Å². The highest BCUT2D eigenvalue weighted by Gasteiger charge is 2.18. The lowest BCUT2D eigenvalue weighted by Gasteiger charge is -2.19. The van der Waals surface area contributed by atoms with Crippen molar-refractivity contribution in [2.45, 2.75) is 33.0 Å². The SMILES string of the molecule is CC(C)(C)OCc1cc(F)c(C(=O)Cl)c(F)c1. The molecule has 0 radical (unpaired) electrons. The van der Waals surface area contributed by atoms with Gasteiger partial charge in [-0.15, -0.1) is 0 Å². The van der Waals surface area contributed by atoms with Gasteiger partial charge in [-0.3, -0.25) is 4.79 Å². The number of ether oxygens (including phenoxy) is 1. The molecule has 0 spiro atoms. The minimum absolute atomic E-state index is 0.0636. The van der Waals surface area contributed by atoms with E-state index in [-0.39, 0.29) is 6.61 Å². The third-order valence-corrected chi connectivity index (χ3v) is 2.16. The predicted octanol–water partition coefficient (Wildman–Crippen LogP) is 3.66. The van der Waals surface area contributed by atoms with E-state index in [2.05, 4.69) is 0 Å². The molecular weight excluding hydrogens is 250 g/mol. The monoisotopic (exact) mass is 262 g/mol. The van der Waals surface area contributed by atoms with Crippen LogP contribution in [-0.2, 0) is 11.3 Å². The van der Waals surface area contributed by atoms with Crippen LogP contribution in [0.25, 0.3) is 0 Å². The van der Waals surface area contributed by atoms with Crippen molar-refractivity contribution in [2.24, 2.45) is 0 Å². The third kappa shape index (κ3) is 4.06. The quantitative estimate of drug-likeness (QED) is 0.777. The maximum absolute atomic E-state index is 13.4. The summed E-state index contributed by atoms with van der Waals surface area (Å²) in [5.74, 6) is -1.95. The van der Waals surface area contributed by atoms with Gasteiger partial charge in [-0.05, 0) is 50.1 Å². The van der Waals surface area contributed by atoms with Gasteiger partial charge in [0.25, 0.3) is 5.24 Å². The van der Waals surface area contributed by atoms with Crippen LogP contribution in [0.5, 0.6) is 0 Å². The Bertz CT molecular complexity index is 416. The van der Waals surface area contributed by atoms with Gasteiger partial charge < -0.3 is 4.74 Å². The maximum Gasteiger partial charge on any atom is 0.258 e. The van der Waals surface area contributed by atoms with Crippen LogP contribution in [0.1, 0.15) is 36.7 Å². The second-order valence-corrected chi connectivity index (χ2v) is 4.95. The van der Waals surface area contributed by atoms with E-state index in [1.54, 1.807) is 0 Å². The van der Waals surface area contributed by atoms with Crippen molar-refractivity contribution in [1.82, 2.24) is 0 Å². The van der Waals surface area contributed by atoms with E-state index in [0.29, 0.717) is 5.56 Å². The lowest BCUT2D eigenvalue weighted by molar-refractivity contribution is -0.0151. The van der Waals surface area contributed by atoms with Crippen molar-refractivity contribution in [1.29, 1.82) is 0 Å². The summed E-state index contributed by atoms with van der Waals surface area (Å²) in [4.78, 5) is 10.8. The molecule has 0 saturated heterocycles. The Balaban J connectivity index is 2.95. The summed E-state index contributed by atoms with van der Waals surface area (Å²) in [7, 11) is 0. The normalized spacial score (nSPS) is 11.6. The highest BCUT2D eigenvalue weighted by atomic mass is 35.5. The molecule has 0 bridgehead atoms. The summed E-state index contributed by atoms with van der Waals surface area (Å²) in [6, 6.07) is 2.09. The van der Waals surface area contributed by atoms with Crippen molar-refractivity contribution >= 4 is 16.8 Å². The molecule has 0 aromatic heterocycles. The van der Waals surface area contributed by atoms with E-state index < -0.39 is 28.0 Å². The molecule has 1 aromatic carbocycles. The number of hydrogen-bond acceptors (Lipinski definition) is 2. The third-order valence-electron chi connectivity index (χ3n) is 1.97. The first-order valence-corrected chi connectivity index (χ1v) is 5.40. The van der Waals surface area contributed by atoms with Gasteiger partial charge in [0.15, 0.2) is 0 Å². The molecule has 0 saturated carbocycles. The van der Waals surface area contributed by atoms with Crippen LogP contribution in [0.3, 0.4) is 0 Å². The van der Waals surface area contributed by atoms with E-state index in [0.717, 1.165) is 12.1 Å². The molecule has 1 rings (SSSR count). The molecule has 0 heterocycles. The van der Waals surface area contributed by atoms with E-state index in [4.69, 9.17) is 16.3 Å². The van der Waals surface area contributed by atoms with E-state index in [1.165, 1.54) is 0 Å². The summed E-state index contributed by atoms with van der Waals surface area (Å²) >= 11 is 5.07. The Hall–Kier alpha value is -1.000. The first kappa shape index (κ1) is 14.1. The lowest BCUT2D eigenvalue weighted by atomic mass is 10.1. The highest BCUT2D eigenvalue weighted by molar-refractivity contribution is 6.67. The number of carbonyl (C=O) groups is 1. The number of halogens is 3. The molecule has 2 nitrogen and oxygen atoms in total. The van der Waals surface area contributed by atoms with Crippen LogP contribution >= 0.6 is 11.6 Å². The average Bonchev–Trinajstić information content (AvgIpc) is 2.11. The molecule has 0 atom stereocenters. The fourth-order valence-corrected chi connectivity index (χ4v) is 1.38. The Labute approximate surface area is 104 Å². The highest BCUT2D eigenvalue weighted by Crippen LogP contribution is 2.19. The van der Waals surface area contributed by atoms with E-state index >= 15 is 0 Å². The van der Waals surface area contributed by atoms with Crippen LogP contribution in [0, 0.1) is 11.6 Å². The van der Waals surface area contributed by atoms with Crippen LogP contribution in [0.15, 0.2) is 12.1 Å². The van der Waals surface area contributed by atoms with Crippen molar-refractivity contribution in [3.05, 3.63) is 34.9 Å². The van der Waals surface area contributed by atoms with Crippen LogP contribution in [0.4, 0.5) is 8.78 Å². The number of rotatable bonds is 3. The smallest absolute Gasteiger partial charge is 0.258 e. The lowest BCUT2D eigenvalue weighted by Crippen LogP contribution is -2.19. The Kier molecular flexibility index (Phi) is 4.22. The van der Waals surface area contributed by atoms with Gasteiger partial charge in [0.05, 0.1) is 12.2 Å². The van der Waals surface area contributed by atoms with E-state index in [1.807, 2.05) is 20.8 Å². The maximum atomic E-state index is 13.4. The van der Waals surface area contributed by atoms with Gasteiger partial charge in [0, 0.05) is 0 Å². The molecule has 0 aliphatic carbocycles. The Morgan fingerprint density at radius 3 is 2.12 bits per heavy atom. The molecule has 0 fully saturated rings. The molecule has 17 heavy (non-hydrogen) atoms. The zero-order valence-electron chi connectivity index (χ0n) is 9.81. The second-order valence-electron chi connectivity index (χ2n) is 4.61. The van der Waals surface area contributed by atoms with E-state index in [9.17, 15) is 13.6 Å². The first-order chi connectivity index (χ1) is 7.70. The van der Waals surface area contributed by atoms with Crippen LogP contribution in [-0.4, -0.2) is 10.8 Å². The van der Waals surface area contributed by atoms with Gasteiger partial charge in [-0.1, -0.05) is 0 Å². The number of hydrogen-bond donors (Lipinski definition) is 0. The second kappa shape index (κ2) is 5.10. The summed E-state index contributed by atoms with van der Waals surface area (Å²) < 4.78 is 32.1. The molecule has 5 heteroatoms. The summed E-state index contributed by atoms with van der Waals surface area (Å²) in [5.41, 5.74) is -0.823. The van der Waals surface area contributed by atoms with Crippen LogP contribution < -0.4 is 0 Å². The molecule has 0 aliphatic rings. The average molecular weight is 263 g/mol. The minimum Gasteiger partial charge on any atom is -0.371 e. The molecule has 0 N–H and O–H groups in total. The fraction of sp³-hybridized carbons (Fsp3) is 0.417. The molecule has 94 valence electrons. The minimum atomic E-state index is -1.15. The zero-order chi connectivity index (χ0) is 13.2. The molecular formula is C12H13ClF2O2. The van der Waals surface area contributed by atoms with Crippen LogP contribution in [0.2, 0.25) is 0 Å². The molecule has 0 unspecified atom stereocenters.